The number of aliphatic carboxylic acids is 1. The van der Waals surface area contributed by atoms with Gasteiger partial charge in [-0.2, -0.15) is 0 Å². The molecule has 26 heavy (non-hydrogen) atoms. The third-order valence-corrected chi connectivity index (χ3v) is 5.01. The third kappa shape index (κ3) is 7.61. The monoisotopic (exact) mass is 474 g/mol. The predicted molar refractivity (Wildman–Crippen MR) is 113 cm³/mol. The predicted octanol–water partition coefficient (Wildman–Crippen LogP) is 3.82. The molecule has 0 bridgehead atoms. The quantitative estimate of drug-likeness (QED) is 0.399. The number of carbonyl (C=O) groups is 2. The first-order valence-corrected chi connectivity index (χ1v) is 10.2. The minimum Gasteiger partial charge on any atom is -0.480 e. The molecule has 1 aromatic rings. The topological polar surface area (TPSA) is 83.6 Å². The number of rotatable bonds is 10. The largest absolute Gasteiger partial charge is 0.480 e. The van der Waals surface area contributed by atoms with E-state index < -0.39 is 17.6 Å². The Bertz CT molecular complexity index is 582. The molecule has 1 atom stereocenters. The molecule has 0 aliphatic heterocycles. The van der Waals surface area contributed by atoms with Crippen LogP contribution in [-0.2, 0) is 16.0 Å². The summed E-state index contributed by atoms with van der Waals surface area (Å²) in [6.07, 6.45) is 3.78. The first kappa shape index (κ1) is 22.9. The Hall–Kier alpha value is -1.15. The van der Waals surface area contributed by atoms with Gasteiger partial charge in [-0.05, 0) is 99.7 Å². The van der Waals surface area contributed by atoms with E-state index in [0.29, 0.717) is 32.2 Å². The highest BCUT2D eigenvalue weighted by Gasteiger charge is 2.36. The van der Waals surface area contributed by atoms with Gasteiger partial charge in [0.15, 0.2) is 0 Å². The van der Waals surface area contributed by atoms with Gasteiger partial charge < -0.3 is 15.7 Å². The van der Waals surface area contributed by atoms with Crippen molar-refractivity contribution in [1.29, 1.82) is 0 Å². The lowest BCUT2D eigenvalue weighted by molar-refractivity contribution is -0.155. The van der Waals surface area contributed by atoms with Crippen LogP contribution >= 0.6 is 22.6 Å². The lowest BCUT2D eigenvalue weighted by Gasteiger charge is -2.40. The Balaban J connectivity index is 2.75. The zero-order valence-electron chi connectivity index (χ0n) is 16.0. The molecule has 1 amide bonds. The molecule has 0 aromatic heterocycles. The van der Waals surface area contributed by atoms with Gasteiger partial charge in [0, 0.05) is 15.5 Å². The minimum atomic E-state index is -0.942. The van der Waals surface area contributed by atoms with Crippen molar-refractivity contribution in [3.63, 3.8) is 0 Å². The van der Waals surface area contributed by atoms with Crippen molar-refractivity contribution in [3.8, 4) is 0 Å². The van der Waals surface area contributed by atoms with Crippen LogP contribution in [-0.4, -0.2) is 40.0 Å². The van der Waals surface area contributed by atoms with Gasteiger partial charge in [0.1, 0.15) is 6.04 Å². The summed E-state index contributed by atoms with van der Waals surface area (Å²) in [5.74, 6) is -1.04. The molecule has 0 saturated carbocycles. The second kappa shape index (κ2) is 10.9. The molecule has 0 radical (unpaired) electrons. The summed E-state index contributed by atoms with van der Waals surface area (Å²) in [5.41, 5.74) is 6.17. The fourth-order valence-electron chi connectivity index (χ4n) is 3.08. The average Bonchev–Trinajstić information content (AvgIpc) is 2.54. The van der Waals surface area contributed by atoms with E-state index >= 15 is 0 Å². The van der Waals surface area contributed by atoms with Crippen LogP contribution in [0.1, 0.15) is 58.4 Å². The summed E-state index contributed by atoms with van der Waals surface area (Å²) in [6, 6.07) is 7.45. The zero-order valence-corrected chi connectivity index (χ0v) is 18.2. The van der Waals surface area contributed by atoms with Crippen LogP contribution in [0, 0.1) is 3.57 Å². The van der Waals surface area contributed by atoms with Gasteiger partial charge in [0.2, 0.25) is 5.91 Å². The number of unbranched alkanes of at least 4 members (excludes halogenated alkanes) is 1. The van der Waals surface area contributed by atoms with E-state index in [1.54, 1.807) is 4.90 Å². The van der Waals surface area contributed by atoms with Gasteiger partial charge in [-0.25, -0.2) is 4.79 Å². The molecule has 0 aliphatic rings. The van der Waals surface area contributed by atoms with Gasteiger partial charge in [0.25, 0.3) is 0 Å². The van der Waals surface area contributed by atoms with Crippen molar-refractivity contribution in [2.24, 2.45) is 5.73 Å². The molecule has 0 spiro atoms. The van der Waals surface area contributed by atoms with E-state index in [2.05, 4.69) is 46.9 Å². The normalized spacial score (nSPS) is 12.7. The van der Waals surface area contributed by atoms with Gasteiger partial charge in [-0.3, -0.25) is 4.79 Å². The Morgan fingerprint density at radius 3 is 2.27 bits per heavy atom. The SMILES string of the molecule is CC(C)(C)N(C(=O)CCCc1ccc(I)cc1)C(CCCCN)C(=O)O. The minimum absolute atomic E-state index is 0.0943. The smallest absolute Gasteiger partial charge is 0.326 e. The molecule has 5 nitrogen and oxygen atoms in total. The summed E-state index contributed by atoms with van der Waals surface area (Å²) < 4.78 is 1.18. The van der Waals surface area contributed by atoms with Gasteiger partial charge in [-0.1, -0.05) is 12.1 Å². The third-order valence-electron chi connectivity index (χ3n) is 4.29. The van der Waals surface area contributed by atoms with E-state index in [-0.39, 0.29) is 5.91 Å². The molecular formula is C20H31IN2O3. The van der Waals surface area contributed by atoms with Crippen LogP contribution in [0.4, 0.5) is 0 Å². The van der Waals surface area contributed by atoms with Crippen molar-refractivity contribution >= 4 is 34.5 Å². The van der Waals surface area contributed by atoms with Gasteiger partial charge >= 0.3 is 5.97 Å². The molecule has 0 saturated heterocycles. The molecule has 0 aliphatic carbocycles. The number of amides is 1. The van der Waals surface area contributed by atoms with Crippen LogP contribution < -0.4 is 5.73 Å². The van der Waals surface area contributed by atoms with E-state index in [1.165, 1.54) is 9.13 Å². The van der Waals surface area contributed by atoms with Crippen molar-refractivity contribution in [3.05, 3.63) is 33.4 Å². The van der Waals surface area contributed by atoms with E-state index in [4.69, 9.17) is 5.73 Å². The molecule has 0 fully saturated rings. The van der Waals surface area contributed by atoms with Crippen molar-refractivity contribution in [2.45, 2.75) is 70.9 Å². The molecular weight excluding hydrogens is 443 g/mol. The lowest BCUT2D eigenvalue weighted by Crippen LogP contribution is -2.54. The van der Waals surface area contributed by atoms with Crippen LogP contribution in [0.25, 0.3) is 0 Å². The fourth-order valence-corrected chi connectivity index (χ4v) is 3.44. The summed E-state index contributed by atoms with van der Waals surface area (Å²) in [5, 5.41) is 9.66. The van der Waals surface area contributed by atoms with E-state index in [1.807, 2.05) is 20.8 Å². The molecule has 0 heterocycles. The maximum atomic E-state index is 12.8. The standard InChI is InChI=1S/C20H31IN2O3/c1-20(2,3)23(17(19(25)26)8-4-5-14-22)18(24)9-6-7-15-10-12-16(21)13-11-15/h10-13,17H,4-9,14,22H2,1-3H3,(H,25,26). The lowest BCUT2D eigenvalue weighted by atomic mass is 9.97. The second-order valence-corrected chi connectivity index (χ2v) is 8.80. The van der Waals surface area contributed by atoms with Crippen LogP contribution in [0.2, 0.25) is 0 Å². The van der Waals surface area contributed by atoms with Gasteiger partial charge in [-0.15, -0.1) is 0 Å². The molecule has 1 rings (SSSR count). The number of benzene rings is 1. The Morgan fingerprint density at radius 2 is 1.77 bits per heavy atom. The van der Waals surface area contributed by atoms with Crippen LogP contribution in [0.3, 0.4) is 0 Å². The number of carbonyl (C=O) groups excluding carboxylic acids is 1. The van der Waals surface area contributed by atoms with Crippen molar-refractivity contribution in [2.75, 3.05) is 6.54 Å². The van der Waals surface area contributed by atoms with E-state index in [9.17, 15) is 14.7 Å². The van der Waals surface area contributed by atoms with Crippen molar-refractivity contribution < 1.29 is 14.7 Å². The number of hydrogen-bond donors (Lipinski definition) is 2. The number of carboxylic acids is 1. The molecule has 1 unspecified atom stereocenters. The second-order valence-electron chi connectivity index (χ2n) is 7.55. The molecule has 1 aromatic carbocycles. The maximum absolute atomic E-state index is 12.8. The Morgan fingerprint density at radius 1 is 1.15 bits per heavy atom. The van der Waals surface area contributed by atoms with Crippen molar-refractivity contribution in [1.82, 2.24) is 4.90 Å². The highest BCUT2D eigenvalue weighted by molar-refractivity contribution is 14.1. The highest BCUT2D eigenvalue weighted by Crippen LogP contribution is 2.23. The number of nitrogens with two attached hydrogens (primary N) is 1. The van der Waals surface area contributed by atoms with Gasteiger partial charge in [0.05, 0.1) is 0 Å². The molecule has 6 heteroatoms. The highest BCUT2D eigenvalue weighted by atomic mass is 127. The number of halogens is 1. The Labute approximate surface area is 170 Å². The summed E-state index contributed by atoms with van der Waals surface area (Å²) >= 11 is 2.26. The van der Waals surface area contributed by atoms with Crippen LogP contribution in [0.5, 0.6) is 0 Å². The average molecular weight is 474 g/mol. The first-order valence-electron chi connectivity index (χ1n) is 9.16. The van der Waals surface area contributed by atoms with Crippen LogP contribution in [0.15, 0.2) is 24.3 Å². The number of aryl methyl sites for hydroxylation is 1. The summed E-state index contributed by atoms with van der Waals surface area (Å²) in [6.45, 7) is 6.21. The fraction of sp³-hybridized carbons (Fsp3) is 0.600. The number of carboxylic acid groups (broad SMARTS) is 1. The zero-order chi connectivity index (χ0) is 19.7. The van der Waals surface area contributed by atoms with E-state index in [0.717, 1.165) is 12.8 Å². The maximum Gasteiger partial charge on any atom is 0.326 e. The first-order chi connectivity index (χ1) is 12.2. The summed E-state index contributed by atoms with van der Waals surface area (Å²) in [4.78, 5) is 26.2. The number of nitrogens with zero attached hydrogens (tertiary/aromatic N) is 1. The summed E-state index contributed by atoms with van der Waals surface area (Å²) in [7, 11) is 0. The Kier molecular flexibility index (Phi) is 9.57. The molecule has 3 N–H and O–H groups in total. The molecule has 146 valence electrons. The number of hydrogen-bond acceptors (Lipinski definition) is 3.